The molecule has 1 aliphatic rings. The predicted octanol–water partition coefficient (Wildman–Crippen LogP) is 6.81. The highest BCUT2D eigenvalue weighted by Gasteiger charge is 2.32. The van der Waals surface area contributed by atoms with E-state index in [4.69, 9.17) is 23.2 Å². The van der Waals surface area contributed by atoms with Crippen LogP contribution in [0, 0.1) is 5.82 Å². The average Bonchev–Trinajstić information content (AvgIpc) is 3.05. The lowest BCUT2D eigenvalue weighted by Crippen LogP contribution is -2.30. The zero-order valence-electron chi connectivity index (χ0n) is 15.6. The quantitative estimate of drug-likeness (QED) is 0.403. The fraction of sp³-hybridized carbons (Fsp3) is 0.0435. The third kappa shape index (κ3) is 4.75. The van der Waals surface area contributed by atoms with Gasteiger partial charge in [-0.1, -0.05) is 59.2 Å². The minimum atomic E-state index is -0.333. The van der Waals surface area contributed by atoms with E-state index in [0.29, 0.717) is 32.2 Å². The molecule has 0 aliphatic carbocycles. The molecule has 1 amide bonds. The van der Waals surface area contributed by atoms with Gasteiger partial charge < -0.3 is 0 Å². The molecule has 30 heavy (non-hydrogen) atoms. The highest BCUT2D eigenvalue weighted by Crippen LogP contribution is 2.31. The van der Waals surface area contributed by atoms with Crippen LogP contribution in [0.2, 0.25) is 10.0 Å². The first-order valence-corrected chi connectivity index (χ1v) is 10.8. The topological polar surface area (TPSA) is 32.7 Å². The molecule has 0 atom stereocenters. The van der Waals surface area contributed by atoms with Gasteiger partial charge in [0.1, 0.15) is 11.5 Å². The first-order chi connectivity index (χ1) is 14.5. The summed E-state index contributed by atoms with van der Waals surface area (Å²) in [6.45, 7) is 0. The van der Waals surface area contributed by atoms with E-state index in [2.05, 4.69) is 4.99 Å². The Labute approximate surface area is 187 Å². The maximum atomic E-state index is 13.2. The lowest BCUT2D eigenvalue weighted by Gasteiger charge is -2.18. The monoisotopic (exact) mass is 456 g/mol. The van der Waals surface area contributed by atoms with Crippen molar-refractivity contribution >= 4 is 57.8 Å². The minimum absolute atomic E-state index is 0.250. The Kier molecular flexibility index (Phi) is 6.23. The standard InChI is InChI=1S/C23H15Cl2FN2OS/c24-17-5-1-16(2-6-17)14-30-23-27-21(13-15-3-9-19(26)10-4-15)22(29)28(23)20-11-7-18(25)8-12-20/h1-13H,14H2/b21-13-. The van der Waals surface area contributed by atoms with E-state index >= 15 is 0 Å². The van der Waals surface area contributed by atoms with E-state index in [1.54, 1.807) is 47.4 Å². The van der Waals surface area contributed by atoms with Gasteiger partial charge in [0.2, 0.25) is 0 Å². The molecule has 0 bridgehead atoms. The van der Waals surface area contributed by atoms with Crippen LogP contribution in [0.5, 0.6) is 0 Å². The number of halogens is 3. The second-order valence-corrected chi connectivity index (χ2v) is 8.32. The summed E-state index contributed by atoms with van der Waals surface area (Å²) in [6, 6.07) is 20.5. The van der Waals surface area contributed by atoms with Crippen molar-refractivity contribution in [3.8, 4) is 0 Å². The predicted molar refractivity (Wildman–Crippen MR) is 123 cm³/mol. The Morgan fingerprint density at radius 1 is 0.900 bits per heavy atom. The molecule has 0 fully saturated rings. The van der Waals surface area contributed by atoms with Crippen LogP contribution in [0.3, 0.4) is 0 Å². The molecule has 0 N–H and O–H groups in total. The number of hydrogen-bond acceptors (Lipinski definition) is 3. The third-order valence-corrected chi connectivity index (χ3v) is 5.88. The number of carbonyl (C=O) groups excluding carboxylic acids is 1. The average molecular weight is 457 g/mol. The van der Waals surface area contributed by atoms with Gasteiger partial charge in [-0.15, -0.1) is 0 Å². The summed E-state index contributed by atoms with van der Waals surface area (Å²) in [5, 5.41) is 1.81. The number of amides is 1. The molecule has 0 saturated carbocycles. The van der Waals surface area contributed by atoms with Gasteiger partial charge >= 0.3 is 0 Å². The molecule has 0 radical (unpaired) electrons. The Hall–Kier alpha value is -2.60. The summed E-state index contributed by atoms with van der Waals surface area (Å²) < 4.78 is 13.2. The summed E-state index contributed by atoms with van der Waals surface area (Å²) in [4.78, 5) is 19.3. The molecule has 3 aromatic carbocycles. The molecule has 0 spiro atoms. The Morgan fingerprint density at radius 2 is 1.50 bits per heavy atom. The first-order valence-electron chi connectivity index (χ1n) is 9.03. The minimum Gasteiger partial charge on any atom is -0.266 e. The molecule has 0 unspecified atom stereocenters. The largest absolute Gasteiger partial charge is 0.283 e. The van der Waals surface area contributed by atoms with Crippen LogP contribution in [-0.2, 0) is 10.5 Å². The van der Waals surface area contributed by atoms with Gasteiger partial charge in [0.25, 0.3) is 5.91 Å². The van der Waals surface area contributed by atoms with Crippen LogP contribution >= 0.6 is 35.0 Å². The smallest absolute Gasteiger partial charge is 0.266 e. The fourth-order valence-electron chi connectivity index (χ4n) is 2.86. The van der Waals surface area contributed by atoms with E-state index in [9.17, 15) is 9.18 Å². The van der Waals surface area contributed by atoms with Gasteiger partial charge in [0, 0.05) is 15.8 Å². The van der Waals surface area contributed by atoms with Crippen LogP contribution in [0.15, 0.2) is 83.5 Å². The number of anilines is 1. The SMILES string of the molecule is O=C1/C(=C/c2ccc(F)cc2)N=C(SCc2ccc(Cl)cc2)N1c1ccc(Cl)cc1. The number of carbonyl (C=O) groups is 1. The fourth-order valence-corrected chi connectivity index (χ4v) is 4.08. The molecule has 150 valence electrons. The first kappa shape index (κ1) is 20.7. The summed E-state index contributed by atoms with van der Waals surface area (Å²) in [6.07, 6.45) is 1.65. The molecular formula is C23H15Cl2FN2OS. The van der Waals surface area contributed by atoms with Crippen molar-refractivity contribution in [2.45, 2.75) is 5.75 Å². The van der Waals surface area contributed by atoms with Crippen molar-refractivity contribution in [3.05, 3.63) is 105 Å². The summed E-state index contributed by atoms with van der Waals surface area (Å²) in [7, 11) is 0. The van der Waals surface area contributed by atoms with Gasteiger partial charge in [-0.2, -0.15) is 0 Å². The Bertz CT molecular complexity index is 1130. The zero-order chi connectivity index (χ0) is 21.1. The van der Waals surface area contributed by atoms with Gasteiger partial charge in [0.15, 0.2) is 5.17 Å². The highest BCUT2D eigenvalue weighted by molar-refractivity contribution is 8.13. The lowest BCUT2D eigenvalue weighted by molar-refractivity contribution is -0.113. The molecule has 0 aromatic heterocycles. The molecule has 7 heteroatoms. The van der Waals surface area contributed by atoms with Crippen LogP contribution in [0.4, 0.5) is 10.1 Å². The van der Waals surface area contributed by atoms with E-state index in [-0.39, 0.29) is 17.4 Å². The summed E-state index contributed by atoms with van der Waals surface area (Å²) in [5.74, 6) is 0.0395. The maximum Gasteiger partial charge on any atom is 0.283 e. The van der Waals surface area contributed by atoms with E-state index in [0.717, 1.165) is 5.56 Å². The lowest BCUT2D eigenvalue weighted by atomic mass is 10.2. The third-order valence-electron chi connectivity index (χ3n) is 4.37. The highest BCUT2D eigenvalue weighted by atomic mass is 35.5. The van der Waals surface area contributed by atoms with Gasteiger partial charge in [-0.05, 0) is 65.7 Å². The molecule has 3 nitrogen and oxygen atoms in total. The number of aliphatic imine (C=N–C) groups is 1. The van der Waals surface area contributed by atoms with Gasteiger partial charge in [-0.25, -0.2) is 9.38 Å². The van der Waals surface area contributed by atoms with Crippen molar-refractivity contribution in [3.63, 3.8) is 0 Å². The number of rotatable bonds is 4. The van der Waals surface area contributed by atoms with Crippen molar-refractivity contribution < 1.29 is 9.18 Å². The van der Waals surface area contributed by atoms with E-state index in [1.165, 1.54) is 23.9 Å². The van der Waals surface area contributed by atoms with Crippen molar-refractivity contribution in [2.24, 2.45) is 4.99 Å². The van der Waals surface area contributed by atoms with Crippen molar-refractivity contribution in [1.82, 2.24) is 0 Å². The molecular weight excluding hydrogens is 442 g/mol. The molecule has 1 heterocycles. The van der Waals surface area contributed by atoms with E-state index < -0.39 is 0 Å². The number of amidine groups is 1. The number of hydrogen-bond donors (Lipinski definition) is 0. The molecule has 3 aromatic rings. The van der Waals surface area contributed by atoms with Crippen LogP contribution in [0.25, 0.3) is 6.08 Å². The molecule has 0 saturated heterocycles. The van der Waals surface area contributed by atoms with Crippen LogP contribution in [-0.4, -0.2) is 11.1 Å². The maximum absolute atomic E-state index is 13.2. The number of benzene rings is 3. The Balaban J connectivity index is 1.65. The molecule has 4 rings (SSSR count). The van der Waals surface area contributed by atoms with Gasteiger partial charge in [-0.3, -0.25) is 9.69 Å². The normalized spacial score (nSPS) is 15.0. The zero-order valence-corrected chi connectivity index (χ0v) is 17.9. The molecule has 1 aliphatic heterocycles. The van der Waals surface area contributed by atoms with Gasteiger partial charge in [0.05, 0.1) is 5.69 Å². The second-order valence-electron chi connectivity index (χ2n) is 6.51. The van der Waals surface area contributed by atoms with Crippen molar-refractivity contribution in [1.29, 1.82) is 0 Å². The van der Waals surface area contributed by atoms with Crippen LogP contribution in [0.1, 0.15) is 11.1 Å². The summed E-state index contributed by atoms with van der Waals surface area (Å²) >= 11 is 13.4. The second kappa shape index (κ2) is 9.04. The number of nitrogens with zero attached hydrogens (tertiary/aromatic N) is 2. The number of thioether (sulfide) groups is 1. The van der Waals surface area contributed by atoms with E-state index in [1.807, 2.05) is 24.3 Å². The summed E-state index contributed by atoms with van der Waals surface area (Å²) in [5.41, 5.74) is 2.72. The Morgan fingerprint density at radius 3 is 2.13 bits per heavy atom. The van der Waals surface area contributed by atoms with Crippen LogP contribution < -0.4 is 4.90 Å². The van der Waals surface area contributed by atoms with Crippen molar-refractivity contribution in [2.75, 3.05) is 4.90 Å².